The van der Waals surface area contributed by atoms with E-state index in [1.54, 1.807) is 23.1 Å². The predicted octanol–water partition coefficient (Wildman–Crippen LogP) is 3.25. The third kappa shape index (κ3) is 3.54. The number of hydrogen-bond acceptors (Lipinski definition) is 3. The van der Waals surface area contributed by atoms with Crippen LogP contribution < -0.4 is 5.32 Å². The summed E-state index contributed by atoms with van der Waals surface area (Å²) in [7, 11) is 1.83. The second kappa shape index (κ2) is 6.79. The third-order valence-corrected chi connectivity index (χ3v) is 4.68. The highest BCUT2D eigenvalue weighted by atomic mass is 32.2. The van der Waals surface area contributed by atoms with E-state index in [0.29, 0.717) is 23.7 Å². The van der Waals surface area contributed by atoms with Gasteiger partial charge in [0.15, 0.2) is 5.78 Å². The van der Waals surface area contributed by atoms with Crippen molar-refractivity contribution >= 4 is 29.3 Å². The van der Waals surface area contributed by atoms with Crippen molar-refractivity contribution in [2.75, 3.05) is 23.9 Å². The Labute approximate surface area is 123 Å². The molecule has 0 aliphatic carbocycles. The number of amides is 2. The van der Waals surface area contributed by atoms with Crippen LogP contribution in [0.2, 0.25) is 0 Å². The van der Waals surface area contributed by atoms with Crippen molar-refractivity contribution in [1.29, 1.82) is 0 Å². The van der Waals surface area contributed by atoms with Gasteiger partial charge in [-0.15, -0.1) is 0 Å². The van der Waals surface area contributed by atoms with Gasteiger partial charge in [-0.1, -0.05) is 19.1 Å². The summed E-state index contributed by atoms with van der Waals surface area (Å²) in [5, 5.41) is 2.86. The average molecular weight is 292 g/mol. The van der Waals surface area contributed by atoms with E-state index >= 15 is 0 Å². The molecule has 1 aromatic rings. The maximum Gasteiger partial charge on any atom is 0.321 e. The maximum atomic E-state index is 12.2. The van der Waals surface area contributed by atoms with Crippen LogP contribution in [0.4, 0.5) is 10.5 Å². The van der Waals surface area contributed by atoms with Crippen molar-refractivity contribution in [3.05, 3.63) is 29.8 Å². The van der Waals surface area contributed by atoms with E-state index in [2.05, 4.69) is 5.32 Å². The molecule has 5 heteroatoms. The molecule has 20 heavy (non-hydrogen) atoms. The number of urea groups is 1. The molecule has 1 heterocycles. The highest BCUT2D eigenvalue weighted by Gasteiger charge is 2.23. The normalized spacial score (nSPS) is 17.8. The van der Waals surface area contributed by atoms with Crippen LogP contribution in [0.25, 0.3) is 0 Å². The number of carbonyl (C=O) groups is 2. The quantitative estimate of drug-likeness (QED) is 0.867. The monoisotopic (exact) mass is 292 g/mol. The number of rotatable bonds is 4. The number of benzene rings is 1. The Balaban J connectivity index is 2.01. The highest BCUT2D eigenvalue weighted by Crippen LogP contribution is 2.22. The minimum atomic E-state index is -0.112. The van der Waals surface area contributed by atoms with E-state index in [1.807, 2.05) is 31.8 Å². The topological polar surface area (TPSA) is 49.4 Å². The standard InChI is InChI=1S/C15H20N2O2S/c1-3-14(18)11-5-4-6-12(9-11)16-15(19)17(2)13-7-8-20-10-13/h4-6,9,13H,3,7-8,10H2,1-2H3,(H,16,19). The third-order valence-electron chi connectivity index (χ3n) is 3.53. The largest absolute Gasteiger partial charge is 0.324 e. The molecular weight excluding hydrogens is 272 g/mol. The van der Waals surface area contributed by atoms with Gasteiger partial charge in [0.2, 0.25) is 0 Å². The second-order valence-corrected chi connectivity index (χ2v) is 6.07. The van der Waals surface area contributed by atoms with Gasteiger partial charge in [0.05, 0.1) is 0 Å². The zero-order valence-corrected chi connectivity index (χ0v) is 12.7. The molecule has 0 bridgehead atoms. The van der Waals surface area contributed by atoms with Gasteiger partial charge in [-0.25, -0.2) is 4.79 Å². The van der Waals surface area contributed by atoms with E-state index < -0.39 is 0 Å². The summed E-state index contributed by atoms with van der Waals surface area (Å²) in [5.41, 5.74) is 1.32. The van der Waals surface area contributed by atoms with Crippen molar-refractivity contribution < 1.29 is 9.59 Å². The van der Waals surface area contributed by atoms with Crippen LogP contribution in [0, 0.1) is 0 Å². The molecule has 1 fully saturated rings. The Kier molecular flexibility index (Phi) is 5.06. The first-order chi connectivity index (χ1) is 9.61. The van der Waals surface area contributed by atoms with Crippen molar-refractivity contribution in [2.24, 2.45) is 0 Å². The first-order valence-electron chi connectivity index (χ1n) is 6.86. The van der Waals surface area contributed by atoms with Gasteiger partial charge in [-0.05, 0) is 24.3 Å². The van der Waals surface area contributed by atoms with Crippen molar-refractivity contribution in [1.82, 2.24) is 4.90 Å². The number of ketones is 1. The number of nitrogens with zero attached hydrogens (tertiary/aromatic N) is 1. The van der Waals surface area contributed by atoms with Crippen LogP contribution >= 0.6 is 11.8 Å². The van der Waals surface area contributed by atoms with Gasteiger partial charge in [0, 0.05) is 36.5 Å². The molecule has 1 aliphatic heterocycles. The molecule has 1 atom stereocenters. The van der Waals surface area contributed by atoms with Gasteiger partial charge in [0.1, 0.15) is 0 Å². The maximum absolute atomic E-state index is 12.2. The molecule has 4 nitrogen and oxygen atoms in total. The minimum Gasteiger partial charge on any atom is -0.324 e. The van der Waals surface area contributed by atoms with E-state index in [4.69, 9.17) is 0 Å². The summed E-state index contributed by atoms with van der Waals surface area (Å²) in [6.07, 6.45) is 1.51. The summed E-state index contributed by atoms with van der Waals surface area (Å²) >= 11 is 1.88. The molecular formula is C15H20N2O2S. The lowest BCUT2D eigenvalue weighted by Crippen LogP contribution is -2.39. The van der Waals surface area contributed by atoms with Crippen LogP contribution in [0.15, 0.2) is 24.3 Å². The fourth-order valence-corrected chi connectivity index (χ4v) is 3.45. The molecule has 0 spiro atoms. The smallest absolute Gasteiger partial charge is 0.321 e. The Hall–Kier alpha value is -1.49. The Morgan fingerprint density at radius 3 is 2.90 bits per heavy atom. The lowest BCUT2D eigenvalue weighted by molar-refractivity contribution is 0.0988. The van der Waals surface area contributed by atoms with Crippen LogP contribution in [0.3, 0.4) is 0 Å². The number of nitrogens with one attached hydrogen (secondary N) is 1. The summed E-state index contributed by atoms with van der Waals surface area (Å²) in [6, 6.07) is 7.31. The number of carbonyl (C=O) groups excluding carboxylic acids is 2. The molecule has 1 aromatic carbocycles. The Bertz CT molecular complexity index is 498. The zero-order valence-electron chi connectivity index (χ0n) is 11.9. The average Bonchev–Trinajstić information content (AvgIpc) is 3.00. The number of thioether (sulfide) groups is 1. The van der Waals surface area contributed by atoms with Crippen LogP contribution in [0.1, 0.15) is 30.1 Å². The first-order valence-corrected chi connectivity index (χ1v) is 8.02. The number of Topliss-reactive ketones (excluding diaryl/α,β-unsaturated/α-hetero) is 1. The van der Waals surface area contributed by atoms with E-state index in [0.717, 1.165) is 17.9 Å². The molecule has 0 saturated carbocycles. The molecule has 1 saturated heterocycles. The number of anilines is 1. The summed E-state index contributed by atoms with van der Waals surface area (Å²) < 4.78 is 0. The molecule has 0 aromatic heterocycles. The molecule has 1 aliphatic rings. The van der Waals surface area contributed by atoms with E-state index in [9.17, 15) is 9.59 Å². The second-order valence-electron chi connectivity index (χ2n) is 4.92. The van der Waals surface area contributed by atoms with Gasteiger partial charge in [-0.3, -0.25) is 4.79 Å². The lowest BCUT2D eigenvalue weighted by atomic mass is 10.1. The van der Waals surface area contributed by atoms with Crippen LogP contribution in [0.5, 0.6) is 0 Å². The predicted molar refractivity (Wildman–Crippen MR) is 83.6 cm³/mol. The summed E-state index contributed by atoms with van der Waals surface area (Å²) in [6.45, 7) is 1.83. The van der Waals surface area contributed by atoms with E-state index in [1.165, 1.54) is 0 Å². The Morgan fingerprint density at radius 1 is 1.45 bits per heavy atom. The lowest BCUT2D eigenvalue weighted by Gasteiger charge is -2.24. The molecule has 108 valence electrons. The van der Waals surface area contributed by atoms with Crippen LogP contribution in [-0.4, -0.2) is 41.3 Å². The highest BCUT2D eigenvalue weighted by molar-refractivity contribution is 7.99. The molecule has 1 unspecified atom stereocenters. The summed E-state index contributed by atoms with van der Waals surface area (Å²) in [4.78, 5) is 25.6. The fraction of sp³-hybridized carbons (Fsp3) is 0.467. The number of hydrogen-bond donors (Lipinski definition) is 1. The molecule has 0 radical (unpaired) electrons. The van der Waals surface area contributed by atoms with Crippen molar-refractivity contribution in [2.45, 2.75) is 25.8 Å². The van der Waals surface area contributed by atoms with Crippen LogP contribution in [-0.2, 0) is 0 Å². The van der Waals surface area contributed by atoms with Gasteiger partial charge < -0.3 is 10.2 Å². The SMILES string of the molecule is CCC(=O)c1cccc(NC(=O)N(C)C2CCSC2)c1. The van der Waals surface area contributed by atoms with Gasteiger partial charge >= 0.3 is 6.03 Å². The fourth-order valence-electron chi connectivity index (χ4n) is 2.18. The molecule has 2 amide bonds. The van der Waals surface area contributed by atoms with Gasteiger partial charge in [-0.2, -0.15) is 11.8 Å². The van der Waals surface area contributed by atoms with Gasteiger partial charge in [0.25, 0.3) is 0 Å². The van der Waals surface area contributed by atoms with E-state index in [-0.39, 0.29) is 11.8 Å². The Morgan fingerprint density at radius 2 is 2.25 bits per heavy atom. The molecule has 1 N–H and O–H groups in total. The summed E-state index contributed by atoms with van der Waals surface area (Å²) in [5.74, 6) is 2.20. The first kappa shape index (κ1) is 14.9. The minimum absolute atomic E-state index is 0.0849. The molecule has 2 rings (SSSR count). The van der Waals surface area contributed by atoms with Crippen molar-refractivity contribution in [3.63, 3.8) is 0 Å². The van der Waals surface area contributed by atoms with Crippen molar-refractivity contribution in [3.8, 4) is 0 Å². The zero-order chi connectivity index (χ0) is 14.5.